The number of hydrogen-bond acceptors (Lipinski definition) is 5. The minimum atomic E-state index is -0.488. The number of hydrogen-bond donors (Lipinski definition) is 3. The van der Waals surface area contributed by atoms with Crippen LogP contribution in [0.15, 0.2) is 45.7 Å². The molecule has 1 aromatic carbocycles. The molecule has 0 aliphatic heterocycles. The lowest BCUT2D eigenvalue weighted by Crippen LogP contribution is -2.24. The van der Waals surface area contributed by atoms with Crippen LogP contribution in [0.3, 0.4) is 0 Å². The molecule has 7 nitrogen and oxygen atoms in total. The molecule has 0 spiro atoms. The van der Waals surface area contributed by atoms with E-state index in [1.54, 1.807) is 24.3 Å². The molecular weight excluding hydrogens is 272 g/mol. The SMILES string of the molecule is Nc1[nH]ncc1CNC(=O)c1cc(=O)c2ccccc2o1. The molecule has 0 saturated carbocycles. The molecule has 0 radical (unpaired) electrons. The third-order valence-electron chi connectivity index (χ3n) is 3.05. The van der Waals surface area contributed by atoms with Gasteiger partial charge < -0.3 is 15.5 Å². The van der Waals surface area contributed by atoms with Gasteiger partial charge in [-0.15, -0.1) is 0 Å². The zero-order chi connectivity index (χ0) is 14.8. The molecular formula is C14H12N4O3. The molecule has 0 bridgehead atoms. The molecule has 0 fully saturated rings. The number of amides is 1. The van der Waals surface area contributed by atoms with Crippen LogP contribution in [0.2, 0.25) is 0 Å². The number of para-hydroxylation sites is 1. The quantitative estimate of drug-likeness (QED) is 0.664. The van der Waals surface area contributed by atoms with Crippen LogP contribution in [0.25, 0.3) is 11.0 Å². The van der Waals surface area contributed by atoms with E-state index in [1.165, 1.54) is 12.3 Å². The Morgan fingerprint density at radius 1 is 1.38 bits per heavy atom. The van der Waals surface area contributed by atoms with Crippen molar-refractivity contribution < 1.29 is 9.21 Å². The second-order valence-corrected chi connectivity index (χ2v) is 4.46. The molecule has 0 unspecified atom stereocenters. The number of H-pyrrole nitrogens is 1. The van der Waals surface area contributed by atoms with E-state index in [9.17, 15) is 9.59 Å². The third-order valence-corrected chi connectivity index (χ3v) is 3.05. The number of benzene rings is 1. The monoisotopic (exact) mass is 284 g/mol. The minimum absolute atomic E-state index is 0.0410. The number of nitrogens with one attached hydrogen (secondary N) is 2. The maximum atomic E-state index is 12.0. The summed E-state index contributed by atoms with van der Waals surface area (Å²) in [7, 11) is 0. The van der Waals surface area contributed by atoms with E-state index in [1.807, 2.05) is 0 Å². The Hall–Kier alpha value is -3.09. The standard InChI is InChI=1S/C14H12N4O3/c15-13-8(7-17-18-13)6-16-14(20)12-5-10(19)9-3-1-2-4-11(9)21-12/h1-5,7H,6H2,(H,16,20)(H3,15,17,18). The lowest BCUT2D eigenvalue weighted by Gasteiger charge is -2.04. The van der Waals surface area contributed by atoms with Gasteiger partial charge in [-0.05, 0) is 12.1 Å². The van der Waals surface area contributed by atoms with E-state index < -0.39 is 5.91 Å². The number of aromatic nitrogens is 2. The Bertz CT molecular complexity index is 866. The van der Waals surface area contributed by atoms with Gasteiger partial charge >= 0.3 is 0 Å². The zero-order valence-corrected chi connectivity index (χ0v) is 10.9. The Balaban J connectivity index is 1.85. The highest BCUT2D eigenvalue weighted by Gasteiger charge is 2.12. The van der Waals surface area contributed by atoms with Gasteiger partial charge in [-0.1, -0.05) is 12.1 Å². The minimum Gasteiger partial charge on any atom is -0.451 e. The van der Waals surface area contributed by atoms with Crippen molar-refractivity contribution in [1.82, 2.24) is 15.5 Å². The van der Waals surface area contributed by atoms with Crippen molar-refractivity contribution >= 4 is 22.7 Å². The van der Waals surface area contributed by atoms with E-state index in [0.717, 1.165) is 0 Å². The largest absolute Gasteiger partial charge is 0.451 e. The van der Waals surface area contributed by atoms with Gasteiger partial charge in [0.1, 0.15) is 11.4 Å². The lowest BCUT2D eigenvalue weighted by atomic mass is 10.2. The fourth-order valence-electron chi connectivity index (χ4n) is 1.94. The molecule has 106 valence electrons. The van der Waals surface area contributed by atoms with Crippen LogP contribution in [0, 0.1) is 0 Å². The van der Waals surface area contributed by atoms with Gasteiger partial charge in [-0.2, -0.15) is 5.10 Å². The van der Waals surface area contributed by atoms with Gasteiger partial charge in [0.05, 0.1) is 11.6 Å². The number of carbonyl (C=O) groups is 1. The summed E-state index contributed by atoms with van der Waals surface area (Å²) in [6.07, 6.45) is 1.52. The zero-order valence-electron chi connectivity index (χ0n) is 10.9. The average Bonchev–Trinajstić information content (AvgIpc) is 2.90. The number of nitrogen functional groups attached to an aromatic ring is 1. The molecule has 0 atom stereocenters. The smallest absolute Gasteiger partial charge is 0.287 e. The maximum Gasteiger partial charge on any atom is 0.287 e. The number of anilines is 1. The molecule has 3 rings (SSSR count). The highest BCUT2D eigenvalue weighted by Crippen LogP contribution is 2.12. The fourth-order valence-corrected chi connectivity index (χ4v) is 1.94. The lowest BCUT2D eigenvalue weighted by molar-refractivity contribution is 0.0924. The van der Waals surface area contributed by atoms with Gasteiger partial charge in [-0.3, -0.25) is 14.7 Å². The second kappa shape index (κ2) is 5.12. The number of carbonyl (C=O) groups excluding carboxylic acids is 1. The van der Waals surface area contributed by atoms with Crippen molar-refractivity contribution in [2.24, 2.45) is 0 Å². The van der Waals surface area contributed by atoms with Crippen molar-refractivity contribution in [1.29, 1.82) is 0 Å². The Labute approximate surface area is 118 Å². The first-order chi connectivity index (χ1) is 10.1. The first-order valence-corrected chi connectivity index (χ1v) is 6.24. The Morgan fingerprint density at radius 2 is 2.19 bits per heavy atom. The number of nitrogens with two attached hydrogens (primary N) is 1. The molecule has 3 aromatic rings. The van der Waals surface area contributed by atoms with Gasteiger partial charge in [-0.25, -0.2) is 0 Å². The number of nitrogens with zero attached hydrogens (tertiary/aromatic N) is 1. The normalized spacial score (nSPS) is 10.7. The molecule has 2 aromatic heterocycles. The van der Waals surface area contributed by atoms with Crippen molar-refractivity contribution in [2.75, 3.05) is 5.73 Å². The van der Waals surface area contributed by atoms with Gasteiger partial charge in [0.25, 0.3) is 5.91 Å². The molecule has 1 amide bonds. The van der Waals surface area contributed by atoms with Crippen LogP contribution >= 0.6 is 0 Å². The summed E-state index contributed by atoms with van der Waals surface area (Å²) in [5.74, 6) is -0.144. The van der Waals surface area contributed by atoms with Gasteiger partial charge in [0.2, 0.25) is 0 Å². The summed E-state index contributed by atoms with van der Waals surface area (Å²) in [6.45, 7) is 0.192. The van der Waals surface area contributed by atoms with Gasteiger partial charge in [0, 0.05) is 18.2 Å². The molecule has 0 aliphatic carbocycles. The van der Waals surface area contributed by atoms with E-state index in [4.69, 9.17) is 10.2 Å². The molecule has 4 N–H and O–H groups in total. The highest BCUT2D eigenvalue weighted by atomic mass is 16.3. The number of rotatable bonds is 3. The average molecular weight is 284 g/mol. The summed E-state index contributed by atoms with van der Waals surface area (Å²) in [6, 6.07) is 7.94. The fraction of sp³-hybridized carbons (Fsp3) is 0.0714. The van der Waals surface area contributed by atoms with Crippen LogP contribution in [0.4, 0.5) is 5.82 Å². The van der Waals surface area contributed by atoms with E-state index in [2.05, 4.69) is 15.5 Å². The summed E-state index contributed by atoms with van der Waals surface area (Å²) in [5, 5.41) is 9.38. The predicted molar refractivity (Wildman–Crippen MR) is 76.7 cm³/mol. The molecule has 21 heavy (non-hydrogen) atoms. The summed E-state index contributed by atoms with van der Waals surface area (Å²) < 4.78 is 5.44. The van der Waals surface area contributed by atoms with Crippen LogP contribution in [0.5, 0.6) is 0 Å². The van der Waals surface area contributed by atoms with Crippen molar-refractivity contribution in [3.05, 3.63) is 58.1 Å². The summed E-state index contributed by atoms with van der Waals surface area (Å²) in [5.41, 5.74) is 6.39. The van der Waals surface area contributed by atoms with Crippen molar-refractivity contribution in [2.45, 2.75) is 6.54 Å². The van der Waals surface area contributed by atoms with E-state index >= 15 is 0 Å². The van der Waals surface area contributed by atoms with Crippen molar-refractivity contribution in [3.63, 3.8) is 0 Å². The summed E-state index contributed by atoms with van der Waals surface area (Å²) >= 11 is 0. The van der Waals surface area contributed by atoms with E-state index in [0.29, 0.717) is 22.4 Å². The molecule has 2 heterocycles. The molecule has 0 saturated heterocycles. The van der Waals surface area contributed by atoms with Crippen LogP contribution in [-0.4, -0.2) is 16.1 Å². The van der Waals surface area contributed by atoms with E-state index in [-0.39, 0.29) is 17.7 Å². The Morgan fingerprint density at radius 3 is 2.95 bits per heavy atom. The molecule has 7 heteroatoms. The maximum absolute atomic E-state index is 12.0. The predicted octanol–water partition coefficient (Wildman–Crippen LogP) is 1.03. The number of aromatic amines is 1. The van der Waals surface area contributed by atoms with Crippen molar-refractivity contribution in [3.8, 4) is 0 Å². The van der Waals surface area contributed by atoms with Crippen LogP contribution < -0.4 is 16.5 Å². The first-order valence-electron chi connectivity index (χ1n) is 6.24. The Kier molecular flexibility index (Phi) is 3.15. The topological polar surface area (TPSA) is 114 Å². The van der Waals surface area contributed by atoms with Gasteiger partial charge in [0.15, 0.2) is 11.2 Å². The van der Waals surface area contributed by atoms with Crippen LogP contribution in [0.1, 0.15) is 16.1 Å². The second-order valence-electron chi connectivity index (χ2n) is 4.46. The summed E-state index contributed by atoms with van der Waals surface area (Å²) in [4.78, 5) is 23.9. The highest BCUT2D eigenvalue weighted by molar-refractivity contribution is 5.93. The first kappa shape index (κ1) is 12.9. The third kappa shape index (κ3) is 2.48. The number of fused-ring (bicyclic) bond motifs is 1. The van der Waals surface area contributed by atoms with Crippen LogP contribution in [-0.2, 0) is 6.54 Å². The molecule has 0 aliphatic rings.